The normalized spacial score (nSPS) is 20.7. The molecule has 1 aromatic carbocycles. The molecule has 2 fully saturated rings. The van der Waals surface area contributed by atoms with E-state index < -0.39 is 0 Å². The van der Waals surface area contributed by atoms with Crippen LogP contribution in [0.15, 0.2) is 24.3 Å². The fourth-order valence-corrected chi connectivity index (χ4v) is 3.66. The number of pyridine rings is 1. The van der Waals surface area contributed by atoms with Crippen molar-refractivity contribution in [3.8, 4) is 5.75 Å². The molecule has 140 valence electrons. The summed E-state index contributed by atoms with van der Waals surface area (Å²) in [5, 5.41) is 4.70. The highest BCUT2D eigenvalue weighted by molar-refractivity contribution is 5.83. The molecule has 1 N–H and O–H groups in total. The summed E-state index contributed by atoms with van der Waals surface area (Å²) >= 11 is 0. The molecule has 0 saturated carbocycles. The van der Waals surface area contributed by atoms with Gasteiger partial charge >= 0.3 is 0 Å². The molecular weight excluding hydrogens is 330 g/mol. The molecule has 2 aromatic rings. The van der Waals surface area contributed by atoms with Gasteiger partial charge in [0, 0.05) is 49.8 Å². The van der Waals surface area contributed by atoms with Crippen molar-refractivity contribution in [1.82, 2.24) is 10.3 Å². The molecule has 0 radical (unpaired) electrons. The highest BCUT2D eigenvalue weighted by Crippen LogP contribution is 2.27. The lowest BCUT2D eigenvalue weighted by Crippen LogP contribution is -2.38. The zero-order valence-electron chi connectivity index (χ0n) is 15.4. The fourth-order valence-electron chi connectivity index (χ4n) is 3.66. The van der Waals surface area contributed by atoms with E-state index >= 15 is 0 Å². The van der Waals surface area contributed by atoms with Crippen molar-refractivity contribution in [2.45, 2.75) is 25.5 Å². The summed E-state index contributed by atoms with van der Waals surface area (Å²) < 4.78 is 16.6. The van der Waals surface area contributed by atoms with Gasteiger partial charge in [0.05, 0.1) is 31.9 Å². The van der Waals surface area contributed by atoms with E-state index in [2.05, 4.69) is 22.3 Å². The summed E-state index contributed by atoms with van der Waals surface area (Å²) in [7, 11) is 1.69. The summed E-state index contributed by atoms with van der Waals surface area (Å²) in [4.78, 5) is 7.30. The molecule has 2 saturated heterocycles. The average Bonchev–Trinajstić information content (AvgIpc) is 3.21. The van der Waals surface area contributed by atoms with Gasteiger partial charge in [-0.05, 0) is 31.0 Å². The topological polar surface area (TPSA) is 55.8 Å². The van der Waals surface area contributed by atoms with Crippen molar-refractivity contribution < 1.29 is 14.2 Å². The Morgan fingerprint density at radius 3 is 2.88 bits per heavy atom. The molecule has 0 amide bonds. The Labute approximate surface area is 154 Å². The second kappa shape index (κ2) is 8.20. The molecule has 0 bridgehead atoms. The van der Waals surface area contributed by atoms with Crippen molar-refractivity contribution in [2.75, 3.05) is 51.5 Å². The smallest absolute Gasteiger partial charge is 0.133 e. The van der Waals surface area contributed by atoms with Crippen molar-refractivity contribution >= 4 is 16.7 Å². The first-order valence-electron chi connectivity index (χ1n) is 9.46. The number of hydrogen-bond acceptors (Lipinski definition) is 6. The molecular formula is C20H27N3O3. The van der Waals surface area contributed by atoms with Gasteiger partial charge in [0.1, 0.15) is 11.6 Å². The molecule has 0 spiro atoms. The standard InChI is InChI=1S/C20H27N3O3/c1-24-17-5-4-15-11-16(13-21-14-18-3-2-8-26-18)20(22-19(15)12-17)23-6-9-25-10-7-23/h4-5,11-12,18,21H,2-3,6-10,13-14H2,1H3/t18-/m1/s1. The molecule has 6 heteroatoms. The molecule has 1 aromatic heterocycles. The van der Waals surface area contributed by atoms with Gasteiger partial charge in [-0.3, -0.25) is 0 Å². The number of methoxy groups -OCH3 is 1. The van der Waals surface area contributed by atoms with Gasteiger partial charge in [0.2, 0.25) is 0 Å². The Bertz CT molecular complexity index is 740. The molecule has 4 rings (SSSR count). The van der Waals surface area contributed by atoms with Crippen LogP contribution in [0.5, 0.6) is 5.75 Å². The van der Waals surface area contributed by atoms with E-state index in [1.165, 1.54) is 12.0 Å². The summed E-state index contributed by atoms with van der Waals surface area (Å²) in [6.45, 7) is 5.83. The van der Waals surface area contributed by atoms with Gasteiger partial charge in [-0.25, -0.2) is 4.98 Å². The van der Waals surface area contributed by atoms with E-state index in [1.54, 1.807) is 7.11 Å². The van der Waals surface area contributed by atoms with Crippen molar-refractivity contribution in [3.05, 3.63) is 29.8 Å². The summed E-state index contributed by atoms with van der Waals surface area (Å²) in [5.74, 6) is 1.89. The molecule has 0 unspecified atom stereocenters. The van der Waals surface area contributed by atoms with E-state index in [9.17, 15) is 0 Å². The molecule has 1 atom stereocenters. The summed E-state index contributed by atoms with van der Waals surface area (Å²) in [6, 6.07) is 8.31. The number of morpholine rings is 1. The van der Waals surface area contributed by atoms with Gasteiger partial charge < -0.3 is 24.4 Å². The minimum Gasteiger partial charge on any atom is -0.497 e. The van der Waals surface area contributed by atoms with Crippen LogP contribution in [0.1, 0.15) is 18.4 Å². The number of anilines is 1. The van der Waals surface area contributed by atoms with Gasteiger partial charge in [-0.1, -0.05) is 0 Å². The molecule has 26 heavy (non-hydrogen) atoms. The highest BCUT2D eigenvalue weighted by atomic mass is 16.5. The minimum absolute atomic E-state index is 0.347. The number of benzene rings is 1. The molecule has 2 aliphatic rings. The van der Waals surface area contributed by atoms with Crippen molar-refractivity contribution in [3.63, 3.8) is 0 Å². The third-order valence-corrected chi connectivity index (χ3v) is 5.10. The quantitative estimate of drug-likeness (QED) is 0.856. The Morgan fingerprint density at radius 2 is 2.12 bits per heavy atom. The first-order chi connectivity index (χ1) is 12.8. The van der Waals surface area contributed by atoms with Crippen LogP contribution in [-0.4, -0.2) is 57.7 Å². The van der Waals surface area contributed by atoms with Crippen LogP contribution < -0.4 is 15.0 Å². The second-order valence-corrected chi connectivity index (χ2v) is 6.90. The number of aromatic nitrogens is 1. The Morgan fingerprint density at radius 1 is 1.23 bits per heavy atom. The number of rotatable bonds is 6. The number of nitrogens with zero attached hydrogens (tertiary/aromatic N) is 2. The van der Waals surface area contributed by atoms with Crippen LogP contribution in [0.3, 0.4) is 0 Å². The largest absolute Gasteiger partial charge is 0.497 e. The second-order valence-electron chi connectivity index (χ2n) is 6.90. The molecule has 0 aliphatic carbocycles. The van der Waals surface area contributed by atoms with Crippen LogP contribution in [0, 0.1) is 0 Å². The highest BCUT2D eigenvalue weighted by Gasteiger charge is 2.19. The lowest BCUT2D eigenvalue weighted by molar-refractivity contribution is 0.110. The number of fused-ring (bicyclic) bond motifs is 1. The van der Waals surface area contributed by atoms with Crippen LogP contribution >= 0.6 is 0 Å². The SMILES string of the molecule is COc1ccc2cc(CNC[C@H]3CCCO3)c(N3CCOCC3)nc2c1. The van der Waals surface area contributed by atoms with Gasteiger partial charge in [0.25, 0.3) is 0 Å². The number of hydrogen-bond donors (Lipinski definition) is 1. The Hall–Kier alpha value is -1.89. The summed E-state index contributed by atoms with van der Waals surface area (Å²) in [6.07, 6.45) is 2.67. The molecule has 6 nitrogen and oxygen atoms in total. The monoisotopic (exact) mass is 357 g/mol. The van der Waals surface area contributed by atoms with Crippen LogP contribution in [0.2, 0.25) is 0 Å². The average molecular weight is 357 g/mol. The zero-order chi connectivity index (χ0) is 17.8. The lowest BCUT2D eigenvalue weighted by atomic mass is 10.1. The number of ether oxygens (including phenoxy) is 3. The van der Waals surface area contributed by atoms with E-state index in [1.807, 2.05) is 12.1 Å². The van der Waals surface area contributed by atoms with Crippen molar-refractivity contribution in [2.24, 2.45) is 0 Å². The maximum absolute atomic E-state index is 5.71. The van der Waals surface area contributed by atoms with Crippen LogP contribution in [0.25, 0.3) is 10.9 Å². The third kappa shape index (κ3) is 3.92. The molecule has 2 aliphatic heterocycles. The molecule has 3 heterocycles. The summed E-state index contributed by atoms with van der Waals surface area (Å²) in [5.41, 5.74) is 2.19. The van der Waals surface area contributed by atoms with Gasteiger partial charge in [0.15, 0.2) is 0 Å². The van der Waals surface area contributed by atoms with E-state index in [0.29, 0.717) is 6.10 Å². The lowest BCUT2D eigenvalue weighted by Gasteiger charge is -2.30. The van der Waals surface area contributed by atoms with Gasteiger partial charge in [-0.15, -0.1) is 0 Å². The fraction of sp³-hybridized carbons (Fsp3) is 0.550. The first kappa shape index (κ1) is 17.5. The zero-order valence-corrected chi connectivity index (χ0v) is 15.4. The van der Waals surface area contributed by atoms with Crippen LogP contribution in [-0.2, 0) is 16.0 Å². The maximum Gasteiger partial charge on any atom is 0.133 e. The van der Waals surface area contributed by atoms with E-state index in [-0.39, 0.29) is 0 Å². The Balaban J connectivity index is 1.59. The predicted octanol–water partition coefficient (Wildman–Crippen LogP) is 2.35. The van der Waals surface area contributed by atoms with Gasteiger partial charge in [-0.2, -0.15) is 0 Å². The van der Waals surface area contributed by atoms with Crippen molar-refractivity contribution in [1.29, 1.82) is 0 Å². The van der Waals surface area contributed by atoms with Crippen LogP contribution in [0.4, 0.5) is 5.82 Å². The van der Waals surface area contributed by atoms with E-state index in [4.69, 9.17) is 19.2 Å². The first-order valence-corrected chi connectivity index (χ1v) is 9.46. The Kier molecular flexibility index (Phi) is 5.53. The predicted molar refractivity (Wildman–Crippen MR) is 102 cm³/mol. The third-order valence-electron chi connectivity index (χ3n) is 5.10. The van der Waals surface area contributed by atoms with E-state index in [0.717, 1.165) is 74.9 Å². The minimum atomic E-state index is 0.347. The number of nitrogens with one attached hydrogen (secondary N) is 1. The maximum atomic E-state index is 5.71.